The summed E-state index contributed by atoms with van der Waals surface area (Å²) in [4.78, 5) is 9.12. The Morgan fingerprint density at radius 3 is 2.68 bits per heavy atom. The molecule has 0 unspecified atom stereocenters. The molecule has 0 bridgehead atoms. The first kappa shape index (κ1) is 17.7. The summed E-state index contributed by atoms with van der Waals surface area (Å²) >= 11 is 1.51. The van der Waals surface area contributed by atoms with Crippen molar-refractivity contribution in [3.63, 3.8) is 0 Å². The van der Waals surface area contributed by atoms with Crippen molar-refractivity contribution in [3.05, 3.63) is 64.1 Å². The number of rotatable bonds is 6. The summed E-state index contributed by atoms with van der Waals surface area (Å²) in [5, 5.41) is 2.82. The molecule has 1 N–H and O–H groups in total. The fourth-order valence-electron chi connectivity index (χ4n) is 2.53. The highest BCUT2D eigenvalue weighted by Crippen LogP contribution is 2.20. The van der Waals surface area contributed by atoms with Crippen LogP contribution in [0.4, 0.5) is 0 Å². The van der Waals surface area contributed by atoms with Gasteiger partial charge in [0, 0.05) is 24.5 Å². The van der Waals surface area contributed by atoms with Gasteiger partial charge in [0.25, 0.3) is 0 Å². The molecule has 2 heterocycles. The lowest BCUT2D eigenvalue weighted by Crippen LogP contribution is -2.26. The quantitative estimate of drug-likeness (QED) is 0.719. The molecule has 0 aliphatic heterocycles. The van der Waals surface area contributed by atoms with E-state index in [1.807, 2.05) is 49.6 Å². The van der Waals surface area contributed by atoms with E-state index in [-0.39, 0.29) is 0 Å². The van der Waals surface area contributed by atoms with Gasteiger partial charge in [0.05, 0.1) is 21.3 Å². The van der Waals surface area contributed by atoms with Gasteiger partial charge in [-0.05, 0) is 37.6 Å². The van der Waals surface area contributed by atoms with E-state index in [0.29, 0.717) is 17.9 Å². The summed E-state index contributed by atoms with van der Waals surface area (Å²) in [7, 11) is -3.51. The maximum absolute atomic E-state index is 12.4. The lowest BCUT2D eigenvalue weighted by atomic mass is 10.2. The average Bonchev–Trinajstić information content (AvgIpc) is 3.04. The number of hydrogen-bond donors (Lipinski definition) is 1. The maximum atomic E-state index is 12.4. The molecule has 7 heteroatoms. The second-order valence-corrected chi connectivity index (χ2v) is 8.44. The van der Waals surface area contributed by atoms with E-state index in [9.17, 15) is 8.42 Å². The van der Waals surface area contributed by atoms with Crippen molar-refractivity contribution in [3.8, 4) is 11.4 Å². The molecule has 3 aromatic rings. The molecule has 25 heavy (non-hydrogen) atoms. The van der Waals surface area contributed by atoms with E-state index in [1.54, 1.807) is 12.3 Å². The third-order valence-electron chi connectivity index (χ3n) is 3.73. The first-order valence-corrected chi connectivity index (χ1v) is 10.2. The van der Waals surface area contributed by atoms with E-state index in [1.165, 1.54) is 11.3 Å². The molecule has 2 aromatic heterocycles. The minimum absolute atomic E-state index is 0.310. The van der Waals surface area contributed by atoms with E-state index in [0.717, 1.165) is 27.5 Å². The highest BCUT2D eigenvalue weighted by molar-refractivity contribution is 7.89. The molecule has 0 saturated heterocycles. The number of aryl methyl sites for hydroxylation is 2. The Morgan fingerprint density at radius 1 is 1.12 bits per heavy atom. The topological polar surface area (TPSA) is 72.0 Å². The predicted octanol–water partition coefficient (Wildman–Crippen LogP) is 3.34. The Balaban J connectivity index is 1.64. The molecular weight excluding hydrogens is 354 g/mol. The van der Waals surface area contributed by atoms with Crippen molar-refractivity contribution >= 4 is 21.4 Å². The summed E-state index contributed by atoms with van der Waals surface area (Å²) in [6.07, 6.45) is 2.27. The fourth-order valence-corrected chi connectivity index (χ4v) is 4.58. The molecule has 1 aromatic carbocycles. The Kier molecular flexibility index (Phi) is 5.27. The van der Waals surface area contributed by atoms with Crippen molar-refractivity contribution in [1.82, 2.24) is 14.7 Å². The Bertz CT molecular complexity index is 967. The van der Waals surface area contributed by atoms with Crippen LogP contribution < -0.4 is 4.72 Å². The number of nitrogens with zero attached hydrogens (tertiary/aromatic N) is 2. The van der Waals surface area contributed by atoms with Gasteiger partial charge in [-0.2, -0.15) is 0 Å². The molecule has 0 atom stereocenters. The van der Waals surface area contributed by atoms with Crippen molar-refractivity contribution in [1.29, 1.82) is 0 Å². The van der Waals surface area contributed by atoms with Crippen molar-refractivity contribution in [2.45, 2.75) is 25.2 Å². The molecule has 5 nitrogen and oxygen atoms in total. The van der Waals surface area contributed by atoms with Crippen LogP contribution in [0.2, 0.25) is 0 Å². The summed E-state index contributed by atoms with van der Waals surface area (Å²) in [6, 6.07) is 11.0. The number of sulfonamides is 1. The minimum atomic E-state index is -3.51. The third kappa shape index (κ3) is 4.31. The van der Waals surface area contributed by atoms with Crippen LogP contribution >= 0.6 is 11.3 Å². The SMILES string of the molecule is Cc1ccc(S(=O)(=O)NCCc2nc(-c3ccccn3)cs2)c(C)c1. The zero-order valence-corrected chi connectivity index (χ0v) is 15.7. The van der Waals surface area contributed by atoms with Crippen LogP contribution in [-0.2, 0) is 16.4 Å². The summed E-state index contributed by atoms with van der Waals surface area (Å²) < 4.78 is 27.5. The second kappa shape index (κ2) is 7.43. The second-order valence-electron chi connectivity index (χ2n) is 5.76. The third-order valence-corrected chi connectivity index (χ3v) is 6.26. The van der Waals surface area contributed by atoms with Crippen LogP contribution in [0.15, 0.2) is 52.9 Å². The van der Waals surface area contributed by atoms with Crippen molar-refractivity contribution < 1.29 is 8.42 Å². The summed E-state index contributed by atoms with van der Waals surface area (Å²) in [5.74, 6) is 0. The van der Waals surface area contributed by atoms with Gasteiger partial charge in [-0.1, -0.05) is 23.8 Å². The van der Waals surface area contributed by atoms with Crippen LogP contribution in [0.25, 0.3) is 11.4 Å². The lowest BCUT2D eigenvalue weighted by molar-refractivity contribution is 0.581. The minimum Gasteiger partial charge on any atom is -0.255 e. The van der Waals surface area contributed by atoms with Gasteiger partial charge in [-0.25, -0.2) is 18.1 Å². The Labute approximate surface area is 151 Å². The molecule has 130 valence electrons. The van der Waals surface area contributed by atoms with Crippen LogP contribution in [-0.4, -0.2) is 24.9 Å². The Morgan fingerprint density at radius 2 is 1.96 bits per heavy atom. The first-order chi connectivity index (χ1) is 12.0. The molecule has 3 rings (SSSR count). The molecule has 0 aliphatic carbocycles. The summed E-state index contributed by atoms with van der Waals surface area (Å²) in [6.45, 7) is 4.06. The van der Waals surface area contributed by atoms with Crippen LogP contribution in [0, 0.1) is 13.8 Å². The maximum Gasteiger partial charge on any atom is 0.240 e. The van der Waals surface area contributed by atoms with Crippen molar-refractivity contribution in [2.75, 3.05) is 6.54 Å². The molecule has 0 radical (unpaired) electrons. The van der Waals surface area contributed by atoms with Gasteiger partial charge in [0.15, 0.2) is 0 Å². The largest absolute Gasteiger partial charge is 0.255 e. The number of thiazole rings is 1. The number of pyridine rings is 1. The van der Waals surface area contributed by atoms with Gasteiger partial charge in [0.1, 0.15) is 0 Å². The Hall–Kier alpha value is -2.09. The normalized spacial score (nSPS) is 11.6. The van der Waals surface area contributed by atoms with E-state index < -0.39 is 10.0 Å². The van der Waals surface area contributed by atoms with Gasteiger partial charge >= 0.3 is 0 Å². The number of aromatic nitrogens is 2. The molecule has 0 saturated carbocycles. The molecule has 0 fully saturated rings. The van der Waals surface area contributed by atoms with E-state index in [4.69, 9.17) is 0 Å². The first-order valence-electron chi connectivity index (χ1n) is 7.88. The smallest absolute Gasteiger partial charge is 0.240 e. The molecule has 0 aliphatic rings. The lowest BCUT2D eigenvalue weighted by Gasteiger charge is -2.09. The van der Waals surface area contributed by atoms with E-state index in [2.05, 4.69) is 14.7 Å². The van der Waals surface area contributed by atoms with Gasteiger partial charge in [-0.15, -0.1) is 11.3 Å². The average molecular weight is 374 g/mol. The standard InChI is InChI=1S/C18H19N3O2S2/c1-13-6-7-17(14(2)11-13)25(22,23)20-10-8-18-21-16(12-24-18)15-5-3-4-9-19-15/h3-7,9,11-12,20H,8,10H2,1-2H3. The predicted molar refractivity (Wildman–Crippen MR) is 100 cm³/mol. The highest BCUT2D eigenvalue weighted by atomic mass is 32.2. The number of benzene rings is 1. The molecule has 0 amide bonds. The van der Waals surface area contributed by atoms with Gasteiger partial charge in [0.2, 0.25) is 10.0 Å². The zero-order valence-electron chi connectivity index (χ0n) is 14.1. The number of hydrogen-bond acceptors (Lipinski definition) is 5. The van der Waals surface area contributed by atoms with Crippen LogP contribution in [0.5, 0.6) is 0 Å². The number of nitrogens with one attached hydrogen (secondary N) is 1. The van der Waals surface area contributed by atoms with E-state index >= 15 is 0 Å². The fraction of sp³-hybridized carbons (Fsp3) is 0.222. The highest BCUT2D eigenvalue weighted by Gasteiger charge is 2.16. The summed E-state index contributed by atoms with van der Waals surface area (Å²) in [5.41, 5.74) is 3.43. The van der Waals surface area contributed by atoms with Gasteiger partial charge < -0.3 is 0 Å². The molecular formula is C18H19N3O2S2. The molecule has 0 spiro atoms. The van der Waals surface area contributed by atoms with Crippen LogP contribution in [0.3, 0.4) is 0 Å². The van der Waals surface area contributed by atoms with Crippen molar-refractivity contribution in [2.24, 2.45) is 0 Å². The van der Waals surface area contributed by atoms with Gasteiger partial charge in [-0.3, -0.25) is 4.98 Å². The zero-order chi connectivity index (χ0) is 17.9. The monoisotopic (exact) mass is 373 g/mol. The van der Waals surface area contributed by atoms with Crippen LogP contribution in [0.1, 0.15) is 16.1 Å².